The minimum atomic E-state index is -0.576. The number of hydrogen-bond acceptors (Lipinski definition) is 8. The van der Waals surface area contributed by atoms with Gasteiger partial charge in [-0.15, -0.1) is 0 Å². The Bertz CT molecular complexity index is 1510. The number of aryl methyl sites for hydroxylation is 1. The van der Waals surface area contributed by atoms with E-state index in [1.54, 1.807) is 33.5 Å². The molecule has 2 heterocycles. The van der Waals surface area contributed by atoms with Gasteiger partial charge in [-0.05, 0) is 105 Å². The second-order valence-corrected chi connectivity index (χ2v) is 13.7. The summed E-state index contributed by atoms with van der Waals surface area (Å²) in [5.41, 5.74) is 3.25. The first-order valence-corrected chi connectivity index (χ1v) is 17.2. The summed E-state index contributed by atoms with van der Waals surface area (Å²) in [6.45, 7) is 8.61. The number of carbonyl (C=O) groups is 2. The lowest BCUT2D eigenvalue weighted by Crippen LogP contribution is -2.52. The molecular formula is C37H52N4O6. The van der Waals surface area contributed by atoms with Gasteiger partial charge in [-0.3, -0.25) is 14.4 Å². The third kappa shape index (κ3) is 7.69. The number of nitrogens with zero attached hydrogens (tertiary/aromatic N) is 1. The van der Waals surface area contributed by atoms with Crippen LogP contribution >= 0.6 is 0 Å². The Morgan fingerprint density at radius 3 is 2.43 bits per heavy atom. The second-order valence-electron chi connectivity index (χ2n) is 13.7. The fourth-order valence-electron chi connectivity index (χ4n) is 7.89. The topological polar surface area (TPSA) is 118 Å². The highest BCUT2D eigenvalue weighted by Crippen LogP contribution is 2.50. The Kier molecular flexibility index (Phi) is 11.3. The van der Waals surface area contributed by atoms with Crippen molar-refractivity contribution in [2.45, 2.75) is 90.3 Å². The van der Waals surface area contributed by atoms with Crippen molar-refractivity contribution in [3.05, 3.63) is 45.6 Å². The van der Waals surface area contributed by atoms with Gasteiger partial charge in [-0.2, -0.15) is 0 Å². The summed E-state index contributed by atoms with van der Waals surface area (Å²) in [7, 11) is 4.73. The predicted octanol–water partition coefficient (Wildman–Crippen LogP) is 5.07. The molecule has 3 aliphatic rings. The molecule has 10 heteroatoms. The summed E-state index contributed by atoms with van der Waals surface area (Å²) < 4.78 is 17.2. The number of methoxy groups -OCH3 is 3. The van der Waals surface area contributed by atoms with Gasteiger partial charge in [0, 0.05) is 25.1 Å². The van der Waals surface area contributed by atoms with Crippen molar-refractivity contribution < 1.29 is 23.8 Å². The van der Waals surface area contributed by atoms with Crippen molar-refractivity contribution in [3.8, 4) is 28.4 Å². The molecule has 4 atom stereocenters. The lowest BCUT2D eigenvalue weighted by Gasteiger charge is -2.44. The van der Waals surface area contributed by atoms with Crippen molar-refractivity contribution in [2.75, 3.05) is 46.3 Å². The highest BCUT2D eigenvalue weighted by Gasteiger charge is 2.34. The molecule has 2 aliphatic heterocycles. The van der Waals surface area contributed by atoms with Gasteiger partial charge in [-0.1, -0.05) is 26.3 Å². The molecule has 0 radical (unpaired) electrons. The summed E-state index contributed by atoms with van der Waals surface area (Å²) in [6.07, 6.45) is 7.78. The maximum absolute atomic E-state index is 13.9. The Balaban J connectivity index is 1.49. The molecule has 0 unspecified atom stereocenters. The zero-order chi connectivity index (χ0) is 33.7. The molecule has 47 heavy (non-hydrogen) atoms. The molecule has 2 aromatic carbocycles. The van der Waals surface area contributed by atoms with Gasteiger partial charge in [0.15, 0.2) is 11.5 Å². The number of anilines is 1. The molecule has 1 aliphatic carbocycles. The molecule has 2 amide bonds. The molecule has 3 N–H and O–H groups in total. The van der Waals surface area contributed by atoms with Crippen LogP contribution in [0.1, 0.15) is 82.9 Å². The maximum Gasteiger partial charge on any atom is 0.242 e. The van der Waals surface area contributed by atoms with E-state index in [0.717, 1.165) is 36.2 Å². The molecule has 2 saturated heterocycles. The zero-order valence-corrected chi connectivity index (χ0v) is 28.9. The van der Waals surface area contributed by atoms with Crippen LogP contribution in [0.4, 0.5) is 5.69 Å². The fourth-order valence-corrected chi connectivity index (χ4v) is 7.89. The van der Waals surface area contributed by atoms with E-state index < -0.39 is 12.1 Å². The van der Waals surface area contributed by atoms with Crippen LogP contribution in [0, 0.1) is 11.8 Å². The van der Waals surface area contributed by atoms with Gasteiger partial charge in [0.2, 0.25) is 23.0 Å². The average molecular weight is 649 g/mol. The van der Waals surface area contributed by atoms with Crippen LogP contribution in [0.3, 0.4) is 0 Å². The molecule has 0 spiro atoms. The lowest BCUT2D eigenvalue weighted by atomic mass is 9.83. The van der Waals surface area contributed by atoms with Crippen LogP contribution in [0.15, 0.2) is 29.1 Å². The van der Waals surface area contributed by atoms with Crippen molar-refractivity contribution in [1.29, 1.82) is 0 Å². The van der Waals surface area contributed by atoms with Crippen molar-refractivity contribution in [2.24, 2.45) is 11.8 Å². The molecule has 0 saturated carbocycles. The number of rotatable bonds is 11. The van der Waals surface area contributed by atoms with Gasteiger partial charge in [0.1, 0.15) is 6.04 Å². The Morgan fingerprint density at radius 2 is 1.72 bits per heavy atom. The summed E-state index contributed by atoms with van der Waals surface area (Å²) in [4.78, 5) is 42.6. The Hall–Kier alpha value is -3.79. The predicted molar refractivity (Wildman–Crippen MR) is 184 cm³/mol. The number of benzene rings is 1. The van der Waals surface area contributed by atoms with E-state index in [1.807, 2.05) is 12.1 Å². The van der Waals surface area contributed by atoms with Gasteiger partial charge in [0.25, 0.3) is 0 Å². The summed E-state index contributed by atoms with van der Waals surface area (Å²) in [5.74, 6) is 1.90. The van der Waals surface area contributed by atoms with Crippen molar-refractivity contribution in [1.82, 2.24) is 15.5 Å². The summed E-state index contributed by atoms with van der Waals surface area (Å²) in [6, 6.07) is 6.72. The molecule has 256 valence electrons. The smallest absolute Gasteiger partial charge is 0.242 e. The highest BCUT2D eigenvalue weighted by molar-refractivity contribution is 5.86. The fraction of sp³-hybridized carbons (Fsp3) is 0.595. The molecule has 5 rings (SSSR count). The Labute approximate surface area is 278 Å². The van der Waals surface area contributed by atoms with E-state index in [-0.39, 0.29) is 23.2 Å². The van der Waals surface area contributed by atoms with E-state index in [2.05, 4.69) is 34.7 Å². The first-order valence-electron chi connectivity index (χ1n) is 17.2. The summed E-state index contributed by atoms with van der Waals surface area (Å²) >= 11 is 0. The normalized spacial score (nSPS) is 21.3. The van der Waals surface area contributed by atoms with E-state index >= 15 is 0 Å². The first-order chi connectivity index (χ1) is 22.6. The Morgan fingerprint density at radius 1 is 0.957 bits per heavy atom. The summed E-state index contributed by atoms with van der Waals surface area (Å²) in [5, 5.41) is 9.65. The molecule has 10 nitrogen and oxygen atoms in total. The standard InChI is InChI=1S/C37H52N4O6/c1-22(2)18-30(37(44)38-21-25-10-9-17-41-16-8-7-11-31(25)41)40-29-15-13-26-27(20-32(29)43)28(39-23(3)42)14-12-24-19-33(45-4)35(46-5)36(47-6)34(24)26/h13,15,19-20,22,25,28,30-31H,7-12,14,16-18,21H2,1-6H3,(H,38,44)(H,39,42)(H,40,43)/t25-,28-,30-,31+/m1/s1. The minimum absolute atomic E-state index is 0.0842. The van der Waals surface area contributed by atoms with Crippen molar-refractivity contribution in [3.63, 3.8) is 0 Å². The number of nitrogens with one attached hydrogen (secondary N) is 3. The first kappa shape index (κ1) is 34.5. The van der Waals surface area contributed by atoms with Crippen LogP contribution < -0.4 is 35.6 Å². The van der Waals surface area contributed by atoms with Crippen LogP contribution in [0.5, 0.6) is 17.2 Å². The highest BCUT2D eigenvalue weighted by atomic mass is 16.5. The molecule has 2 aromatic rings. The van der Waals surface area contributed by atoms with Crippen LogP contribution in [0.25, 0.3) is 11.1 Å². The largest absolute Gasteiger partial charge is 0.493 e. The lowest BCUT2D eigenvalue weighted by molar-refractivity contribution is -0.122. The number of piperidine rings is 2. The van der Waals surface area contributed by atoms with Crippen LogP contribution in [0.2, 0.25) is 0 Å². The van der Waals surface area contributed by atoms with E-state index in [9.17, 15) is 14.4 Å². The van der Waals surface area contributed by atoms with E-state index in [0.29, 0.717) is 66.3 Å². The van der Waals surface area contributed by atoms with E-state index in [4.69, 9.17) is 14.2 Å². The number of amides is 2. The monoisotopic (exact) mass is 648 g/mol. The van der Waals surface area contributed by atoms with Crippen molar-refractivity contribution >= 4 is 17.5 Å². The molecule has 2 fully saturated rings. The average Bonchev–Trinajstić information content (AvgIpc) is 3.30. The van der Waals surface area contributed by atoms with Crippen LogP contribution in [-0.2, 0) is 16.0 Å². The number of carbonyl (C=O) groups excluding carboxylic acids is 2. The van der Waals surface area contributed by atoms with E-state index in [1.165, 1.54) is 32.6 Å². The third-order valence-electron chi connectivity index (χ3n) is 10.0. The quantitative estimate of drug-likeness (QED) is 0.309. The third-order valence-corrected chi connectivity index (χ3v) is 10.0. The molecule has 0 bridgehead atoms. The SMILES string of the molecule is COc1cc2c(c(OC)c1OC)-c1ccc(N[C@H](CC(C)C)C(=O)NC[C@H]3CCCN4CCCC[C@@H]34)c(=O)cc1[C@H](NC(C)=O)CC2. The zero-order valence-electron chi connectivity index (χ0n) is 28.9. The van der Waals surface area contributed by atoms with Gasteiger partial charge < -0.3 is 35.1 Å². The van der Waals surface area contributed by atoms with Gasteiger partial charge in [0.05, 0.1) is 33.1 Å². The number of ether oxygens (including phenoxy) is 3. The number of fused-ring (bicyclic) bond motifs is 4. The minimum Gasteiger partial charge on any atom is -0.493 e. The van der Waals surface area contributed by atoms with Gasteiger partial charge in [-0.25, -0.2) is 0 Å². The van der Waals surface area contributed by atoms with Crippen LogP contribution in [-0.4, -0.2) is 69.8 Å². The molecule has 0 aromatic heterocycles. The maximum atomic E-state index is 13.9. The van der Waals surface area contributed by atoms with Gasteiger partial charge >= 0.3 is 0 Å². The number of hydrogen-bond donors (Lipinski definition) is 3. The molecular weight excluding hydrogens is 596 g/mol. The second kappa shape index (κ2) is 15.4.